The topological polar surface area (TPSA) is 109 Å². The maximum atomic E-state index is 14.4. The van der Waals surface area contributed by atoms with Crippen molar-refractivity contribution in [3.05, 3.63) is 72.1 Å². The summed E-state index contributed by atoms with van der Waals surface area (Å²) < 4.78 is 50.5. The van der Waals surface area contributed by atoms with Crippen LogP contribution >= 0.6 is 0 Å². The Balaban J connectivity index is 2.14. The number of pyridine rings is 1. The second kappa shape index (κ2) is 9.08. The number of carbonyl (C=O) groups is 1. The summed E-state index contributed by atoms with van der Waals surface area (Å²) in [5, 5.41) is 2.63. The number of halogens is 2. The van der Waals surface area contributed by atoms with E-state index in [9.17, 15) is 22.3 Å². The summed E-state index contributed by atoms with van der Waals surface area (Å²) in [7, 11) is 0. The molecule has 0 aliphatic heterocycles. The summed E-state index contributed by atoms with van der Waals surface area (Å²) in [5.41, 5.74) is 7.79. The summed E-state index contributed by atoms with van der Waals surface area (Å²) in [5.74, 6) is -2.07. The minimum absolute atomic E-state index is 0.0102. The Bertz CT molecular complexity index is 1130. The van der Waals surface area contributed by atoms with Crippen molar-refractivity contribution in [2.45, 2.75) is 13.5 Å². The third-order valence-corrected chi connectivity index (χ3v) is 4.91. The van der Waals surface area contributed by atoms with E-state index in [0.29, 0.717) is 28.4 Å². The molecule has 7 nitrogen and oxygen atoms in total. The fourth-order valence-corrected chi connectivity index (χ4v) is 3.57. The molecule has 3 aromatic rings. The fourth-order valence-electron chi connectivity index (χ4n) is 2.92. The average molecular weight is 432 g/mol. The van der Waals surface area contributed by atoms with Crippen molar-refractivity contribution in [3.63, 3.8) is 0 Å². The number of nitrogens with one attached hydrogen (secondary N) is 1. The third kappa shape index (κ3) is 4.67. The van der Waals surface area contributed by atoms with Crippen molar-refractivity contribution < 1.29 is 22.3 Å². The maximum absolute atomic E-state index is 14.4. The number of hydrogen-bond acceptors (Lipinski definition) is 4. The van der Waals surface area contributed by atoms with Crippen LogP contribution in [0.2, 0.25) is 0 Å². The molecule has 10 heteroatoms. The van der Waals surface area contributed by atoms with E-state index in [-0.39, 0.29) is 23.8 Å². The SMILES string of the molecule is CC(=O)Nc1cncc(-c2ccc(CN)c(N(c3ccc(F)cc3F)S(=O)O)c2)c1. The lowest BCUT2D eigenvalue weighted by molar-refractivity contribution is -0.114. The first-order valence-corrected chi connectivity index (χ1v) is 9.78. The molecule has 1 unspecified atom stereocenters. The van der Waals surface area contributed by atoms with Crippen molar-refractivity contribution in [2.24, 2.45) is 5.73 Å². The Labute approximate surface area is 174 Å². The molecule has 0 spiro atoms. The highest BCUT2D eigenvalue weighted by Crippen LogP contribution is 2.35. The summed E-state index contributed by atoms with van der Waals surface area (Å²) in [6.45, 7) is 1.38. The molecule has 0 aliphatic rings. The average Bonchev–Trinajstić information content (AvgIpc) is 2.69. The van der Waals surface area contributed by atoms with Gasteiger partial charge in [0, 0.05) is 31.3 Å². The Morgan fingerprint density at radius 1 is 1.13 bits per heavy atom. The van der Waals surface area contributed by atoms with E-state index in [1.54, 1.807) is 30.5 Å². The highest BCUT2D eigenvalue weighted by atomic mass is 32.2. The molecule has 1 amide bonds. The second-order valence-corrected chi connectivity index (χ2v) is 7.14. The number of aromatic nitrogens is 1. The first-order valence-electron chi connectivity index (χ1n) is 8.72. The Morgan fingerprint density at radius 3 is 2.53 bits per heavy atom. The van der Waals surface area contributed by atoms with Gasteiger partial charge in [-0.25, -0.2) is 17.3 Å². The van der Waals surface area contributed by atoms with E-state index in [4.69, 9.17) is 5.73 Å². The molecule has 0 bridgehead atoms. The molecule has 1 aromatic heterocycles. The quantitative estimate of drug-likeness (QED) is 0.515. The molecule has 0 radical (unpaired) electrons. The highest BCUT2D eigenvalue weighted by molar-refractivity contribution is 7.81. The number of nitrogens with two attached hydrogens (primary N) is 1. The van der Waals surface area contributed by atoms with Crippen LogP contribution in [0.1, 0.15) is 12.5 Å². The molecule has 3 rings (SSSR count). The standard InChI is InChI=1S/C20H18F2N4O3S/c1-12(27)25-17-6-15(10-24-11-17)13-2-3-14(9-23)20(7-13)26(30(28)29)19-5-4-16(21)8-18(19)22/h2-8,10-11H,9,23H2,1H3,(H,25,27)(H,28,29). The van der Waals surface area contributed by atoms with Gasteiger partial charge in [-0.05, 0) is 35.4 Å². The Hall–Kier alpha value is -3.21. The van der Waals surface area contributed by atoms with Gasteiger partial charge in [0.15, 0.2) is 5.82 Å². The smallest absolute Gasteiger partial charge is 0.266 e. The van der Waals surface area contributed by atoms with Crippen LogP contribution in [-0.4, -0.2) is 19.7 Å². The number of benzene rings is 2. The number of anilines is 3. The molecule has 0 saturated carbocycles. The first-order chi connectivity index (χ1) is 14.3. The first kappa shape index (κ1) is 21.5. The minimum Gasteiger partial charge on any atom is -0.326 e. The normalized spacial score (nSPS) is 11.8. The molecular formula is C20H18F2N4O3S. The van der Waals surface area contributed by atoms with E-state index in [2.05, 4.69) is 10.3 Å². The summed E-state index contributed by atoms with van der Waals surface area (Å²) in [6, 6.07) is 9.27. The van der Waals surface area contributed by atoms with Crippen molar-refractivity contribution in [3.8, 4) is 11.1 Å². The molecule has 0 saturated heterocycles. The molecule has 2 aromatic carbocycles. The van der Waals surface area contributed by atoms with Crippen LogP contribution in [0.4, 0.5) is 25.8 Å². The monoisotopic (exact) mass is 432 g/mol. The molecule has 30 heavy (non-hydrogen) atoms. The lowest BCUT2D eigenvalue weighted by Gasteiger charge is -2.24. The third-order valence-electron chi connectivity index (χ3n) is 4.20. The Kier molecular flexibility index (Phi) is 6.50. The molecular weight excluding hydrogens is 414 g/mol. The van der Waals surface area contributed by atoms with Crippen molar-refractivity contribution in [1.82, 2.24) is 4.98 Å². The summed E-state index contributed by atoms with van der Waals surface area (Å²) in [4.78, 5) is 15.4. The number of nitrogens with zero attached hydrogens (tertiary/aromatic N) is 2. The van der Waals surface area contributed by atoms with Crippen LogP contribution in [0.25, 0.3) is 11.1 Å². The van der Waals surface area contributed by atoms with Crippen molar-refractivity contribution in [2.75, 3.05) is 9.62 Å². The molecule has 0 fully saturated rings. The van der Waals surface area contributed by atoms with E-state index < -0.39 is 22.9 Å². The van der Waals surface area contributed by atoms with Gasteiger partial charge in [-0.1, -0.05) is 12.1 Å². The molecule has 156 valence electrons. The van der Waals surface area contributed by atoms with Crippen molar-refractivity contribution >= 4 is 34.2 Å². The van der Waals surface area contributed by atoms with Crippen LogP contribution < -0.4 is 15.4 Å². The molecule has 4 N–H and O–H groups in total. The minimum atomic E-state index is -2.67. The van der Waals surface area contributed by atoms with Gasteiger partial charge in [-0.2, -0.15) is 0 Å². The molecule has 0 aliphatic carbocycles. The summed E-state index contributed by atoms with van der Waals surface area (Å²) in [6.07, 6.45) is 3.02. The Morgan fingerprint density at radius 2 is 1.90 bits per heavy atom. The van der Waals surface area contributed by atoms with Gasteiger partial charge in [0.2, 0.25) is 5.91 Å². The van der Waals surface area contributed by atoms with Crippen LogP contribution in [0.3, 0.4) is 0 Å². The number of hydrogen-bond donors (Lipinski definition) is 3. The van der Waals surface area contributed by atoms with Crippen LogP contribution in [0.5, 0.6) is 0 Å². The van der Waals surface area contributed by atoms with Crippen LogP contribution in [0.15, 0.2) is 54.9 Å². The van der Waals surface area contributed by atoms with Crippen LogP contribution in [0, 0.1) is 11.6 Å². The highest BCUT2D eigenvalue weighted by Gasteiger charge is 2.22. The largest absolute Gasteiger partial charge is 0.326 e. The van der Waals surface area contributed by atoms with Crippen molar-refractivity contribution in [1.29, 1.82) is 0 Å². The predicted molar refractivity (Wildman–Crippen MR) is 111 cm³/mol. The number of carbonyl (C=O) groups excluding carboxylic acids is 1. The van der Waals surface area contributed by atoms with E-state index in [1.165, 1.54) is 13.1 Å². The summed E-state index contributed by atoms with van der Waals surface area (Å²) >= 11 is -2.67. The number of rotatable bonds is 6. The fraction of sp³-hybridized carbons (Fsp3) is 0.100. The molecule has 1 heterocycles. The maximum Gasteiger partial charge on any atom is 0.266 e. The van der Waals surface area contributed by atoms with Gasteiger partial charge in [0.25, 0.3) is 11.3 Å². The van der Waals surface area contributed by atoms with Gasteiger partial charge in [0.05, 0.1) is 23.3 Å². The predicted octanol–water partition coefficient (Wildman–Crippen LogP) is 3.72. The van der Waals surface area contributed by atoms with E-state index >= 15 is 0 Å². The lowest BCUT2D eigenvalue weighted by Crippen LogP contribution is -2.22. The zero-order chi connectivity index (χ0) is 21.8. The van der Waals surface area contributed by atoms with E-state index in [0.717, 1.165) is 16.4 Å². The zero-order valence-electron chi connectivity index (χ0n) is 15.8. The van der Waals surface area contributed by atoms with Gasteiger partial charge >= 0.3 is 0 Å². The number of amides is 1. The molecule has 1 atom stereocenters. The van der Waals surface area contributed by atoms with Gasteiger partial charge in [-0.3, -0.25) is 14.3 Å². The van der Waals surface area contributed by atoms with E-state index in [1.807, 2.05) is 0 Å². The second-order valence-electron chi connectivity index (χ2n) is 6.31. The van der Waals surface area contributed by atoms with Gasteiger partial charge in [-0.15, -0.1) is 0 Å². The van der Waals surface area contributed by atoms with Gasteiger partial charge < -0.3 is 11.1 Å². The zero-order valence-corrected chi connectivity index (χ0v) is 16.6. The van der Waals surface area contributed by atoms with Gasteiger partial charge in [0.1, 0.15) is 5.82 Å². The van der Waals surface area contributed by atoms with Crippen LogP contribution in [-0.2, 0) is 22.6 Å². The lowest BCUT2D eigenvalue weighted by atomic mass is 10.0.